The number of hydrogen-bond donors (Lipinski definition) is 1. The zero-order valence-electron chi connectivity index (χ0n) is 11.1. The number of unbranched alkanes of at least 4 members (excludes halogenated alkanes) is 1. The van der Waals surface area contributed by atoms with Gasteiger partial charge in [-0.1, -0.05) is 13.3 Å². The number of hydrogen-bond acceptors (Lipinski definition) is 3. The van der Waals surface area contributed by atoms with Crippen molar-refractivity contribution in [2.24, 2.45) is 11.3 Å². The molecule has 1 spiro atoms. The van der Waals surface area contributed by atoms with Crippen LogP contribution in [0.1, 0.15) is 32.6 Å². The summed E-state index contributed by atoms with van der Waals surface area (Å²) in [5.74, 6) is -0.811. The molecule has 2 aliphatic heterocycles. The maximum absolute atomic E-state index is 11.4. The van der Waals surface area contributed by atoms with Crippen molar-refractivity contribution < 1.29 is 14.6 Å². The number of aliphatic carboxylic acids is 1. The van der Waals surface area contributed by atoms with E-state index in [1.54, 1.807) is 0 Å². The van der Waals surface area contributed by atoms with E-state index in [1.807, 2.05) is 0 Å². The average molecular weight is 278 g/mol. The third-order valence-electron chi connectivity index (χ3n) is 4.33. The highest BCUT2D eigenvalue weighted by Crippen LogP contribution is 2.44. The Kier molecular flexibility index (Phi) is 5.89. The molecular formula is C13H24ClNO3. The predicted molar refractivity (Wildman–Crippen MR) is 72.2 cm³/mol. The summed E-state index contributed by atoms with van der Waals surface area (Å²) in [4.78, 5) is 13.8. The Morgan fingerprint density at radius 3 is 2.67 bits per heavy atom. The molecule has 2 fully saturated rings. The zero-order chi connectivity index (χ0) is 12.3. The lowest BCUT2D eigenvalue weighted by Gasteiger charge is -2.36. The van der Waals surface area contributed by atoms with Crippen LogP contribution in [0.25, 0.3) is 0 Å². The fourth-order valence-electron chi connectivity index (χ4n) is 3.25. The summed E-state index contributed by atoms with van der Waals surface area (Å²) in [6.07, 6.45) is 4.16. The summed E-state index contributed by atoms with van der Waals surface area (Å²) in [5.41, 5.74) is -0.0160. The van der Waals surface area contributed by atoms with Gasteiger partial charge in [-0.15, -0.1) is 12.4 Å². The van der Waals surface area contributed by atoms with Crippen molar-refractivity contribution >= 4 is 18.4 Å². The third kappa shape index (κ3) is 3.16. The van der Waals surface area contributed by atoms with Gasteiger partial charge in [0.2, 0.25) is 0 Å². The van der Waals surface area contributed by atoms with E-state index in [4.69, 9.17) is 4.74 Å². The van der Waals surface area contributed by atoms with Crippen molar-refractivity contribution in [1.82, 2.24) is 4.90 Å². The monoisotopic (exact) mass is 277 g/mol. The Labute approximate surface area is 115 Å². The summed E-state index contributed by atoms with van der Waals surface area (Å²) in [7, 11) is 0. The first kappa shape index (κ1) is 15.7. The topological polar surface area (TPSA) is 49.8 Å². The van der Waals surface area contributed by atoms with Gasteiger partial charge in [0.25, 0.3) is 0 Å². The lowest BCUT2D eigenvalue weighted by molar-refractivity contribution is -0.146. The zero-order valence-corrected chi connectivity index (χ0v) is 11.9. The van der Waals surface area contributed by atoms with E-state index in [0.29, 0.717) is 0 Å². The molecule has 0 radical (unpaired) electrons. The summed E-state index contributed by atoms with van der Waals surface area (Å²) >= 11 is 0. The van der Waals surface area contributed by atoms with Gasteiger partial charge in [-0.2, -0.15) is 0 Å². The first-order valence-corrected chi connectivity index (χ1v) is 6.71. The van der Waals surface area contributed by atoms with Crippen LogP contribution in [0.5, 0.6) is 0 Å². The van der Waals surface area contributed by atoms with Gasteiger partial charge in [-0.25, -0.2) is 0 Å². The first-order chi connectivity index (χ1) is 8.18. The highest BCUT2D eigenvalue weighted by atomic mass is 35.5. The van der Waals surface area contributed by atoms with Crippen LogP contribution in [0.15, 0.2) is 0 Å². The van der Waals surface area contributed by atoms with Crippen LogP contribution in [0.3, 0.4) is 0 Å². The van der Waals surface area contributed by atoms with Crippen molar-refractivity contribution in [3.8, 4) is 0 Å². The number of carbonyl (C=O) groups is 1. The number of carboxylic acids is 1. The van der Waals surface area contributed by atoms with E-state index in [1.165, 1.54) is 12.8 Å². The molecule has 2 saturated heterocycles. The third-order valence-corrected chi connectivity index (χ3v) is 4.33. The normalized spacial score (nSPS) is 27.1. The van der Waals surface area contributed by atoms with Gasteiger partial charge >= 0.3 is 5.97 Å². The van der Waals surface area contributed by atoms with Crippen molar-refractivity contribution in [1.29, 1.82) is 0 Å². The van der Waals surface area contributed by atoms with Crippen molar-refractivity contribution in [2.75, 3.05) is 32.8 Å². The lowest BCUT2D eigenvalue weighted by Crippen LogP contribution is -2.40. The van der Waals surface area contributed by atoms with Gasteiger partial charge in [0, 0.05) is 31.7 Å². The molecule has 1 atom stereocenters. The van der Waals surface area contributed by atoms with E-state index in [-0.39, 0.29) is 23.7 Å². The standard InChI is InChI=1S/C13H23NO3.ClH/c1-2-3-6-14-9-11(12(15)16)13(10-14)4-7-17-8-5-13;/h11H,2-10H2,1H3,(H,15,16);1H. The molecule has 0 aromatic rings. The molecule has 0 bridgehead atoms. The van der Waals surface area contributed by atoms with E-state index in [2.05, 4.69) is 11.8 Å². The summed E-state index contributed by atoms with van der Waals surface area (Å²) in [6, 6.07) is 0. The smallest absolute Gasteiger partial charge is 0.308 e. The van der Waals surface area contributed by atoms with E-state index < -0.39 is 5.97 Å². The SMILES string of the molecule is CCCCN1CC(C(=O)O)C2(CCOCC2)C1.Cl. The second-order valence-electron chi connectivity index (χ2n) is 5.45. The molecule has 4 nitrogen and oxygen atoms in total. The second kappa shape index (κ2) is 6.73. The van der Waals surface area contributed by atoms with Gasteiger partial charge in [-0.05, 0) is 25.8 Å². The van der Waals surface area contributed by atoms with Crippen LogP contribution in [0, 0.1) is 11.3 Å². The number of carboxylic acid groups (broad SMARTS) is 1. The minimum absolute atomic E-state index is 0. The molecule has 0 aromatic carbocycles. The second-order valence-corrected chi connectivity index (χ2v) is 5.45. The number of nitrogens with zero attached hydrogens (tertiary/aromatic N) is 1. The molecule has 2 aliphatic rings. The van der Waals surface area contributed by atoms with Crippen molar-refractivity contribution in [3.05, 3.63) is 0 Å². The van der Waals surface area contributed by atoms with Gasteiger partial charge in [-0.3, -0.25) is 4.79 Å². The molecule has 0 saturated carbocycles. The molecular weight excluding hydrogens is 254 g/mol. The maximum Gasteiger partial charge on any atom is 0.308 e. The number of likely N-dealkylation sites (tertiary alicyclic amines) is 1. The quantitative estimate of drug-likeness (QED) is 0.854. The minimum atomic E-state index is -0.620. The largest absolute Gasteiger partial charge is 0.481 e. The molecule has 18 heavy (non-hydrogen) atoms. The Bertz CT molecular complexity index is 279. The van der Waals surface area contributed by atoms with E-state index in [0.717, 1.165) is 45.7 Å². The van der Waals surface area contributed by atoms with Crippen LogP contribution < -0.4 is 0 Å². The summed E-state index contributed by atoms with van der Waals surface area (Å²) in [6.45, 7) is 6.36. The lowest BCUT2D eigenvalue weighted by atomic mass is 9.72. The summed E-state index contributed by atoms with van der Waals surface area (Å²) < 4.78 is 5.39. The van der Waals surface area contributed by atoms with Gasteiger partial charge in [0.05, 0.1) is 5.92 Å². The number of rotatable bonds is 4. The molecule has 0 aromatic heterocycles. The molecule has 2 rings (SSSR count). The summed E-state index contributed by atoms with van der Waals surface area (Å²) in [5, 5.41) is 9.41. The molecule has 0 amide bonds. The average Bonchev–Trinajstić information content (AvgIpc) is 2.66. The van der Waals surface area contributed by atoms with Crippen LogP contribution in [0.2, 0.25) is 0 Å². The predicted octanol–water partition coefficient (Wildman–Crippen LogP) is 2.02. The van der Waals surface area contributed by atoms with Crippen LogP contribution in [-0.2, 0) is 9.53 Å². The minimum Gasteiger partial charge on any atom is -0.481 e. The molecule has 106 valence electrons. The van der Waals surface area contributed by atoms with Crippen molar-refractivity contribution in [3.63, 3.8) is 0 Å². The Morgan fingerprint density at radius 1 is 1.44 bits per heavy atom. The maximum atomic E-state index is 11.4. The molecule has 1 N–H and O–H groups in total. The fraction of sp³-hybridized carbons (Fsp3) is 0.923. The highest BCUT2D eigenvalue weighted by molar-refractivity contribution is 5.85. The highest BCUT2D eigenvalue weighted by Gasteiger charge is 2.50. The molecule has 5 heteroatoms. The Morgan fingerprint density at radius 2 is 2.11 bits per heavy atom. The van der Waals surface area contributed by atoms with Crippen LogP contribution in [-0.4, -0.2) is 48.8 Å². The molecule has 0 aliphatic carbocycles. The number of halogens is 1. The van der Waals surface area contributed by atoms with E-state index >= 15 is 0 Å². The van der Waals surface area contributed by atoms with Gasteiger partial charge < -0.3 is 14.7 Å². The molecule has 1 unspecified atom stereocenters. The number of ether oxygens (including phenoxy) is 1. The Balaban J connectivity index is 0.00000162. The van der Waals surface area contributed by atoms with Gasteiger partial charge in [0.1, 0.15) is 0 Å². The van der Waals surface area contributed by atoms with Crippen LogP contribution >= 0.6 is 12.4 Å². The van der Waals surface area contributed by atoms with Crippen molar-refractivity contribution in [2.45, 2.75) is 32.6 Å². The fourth-order valence-corrected chi connectivity index (χ4v) is 3.25. The van der Waals surface area contributed by atoms with E-state index in [9.17, 15) is 9.90 Å². The molecule has 2 heterocycles. The first-order valence-electron chi connectivity index (χ1n) is 6.71. The van der Waals surface area contributed by atoms with Gasteiger partial charge in [0.15, 0.2) is 0 Å². The van der Waals surface area contributed by atoms with Crippen LogP contribution in [0.4, 0.5) is 0 Å². The Hall–Kier alpha value is -0.320.